The number of hydrogen-bond acceptors (Lipinski definition) is 4. The molecule has 1 aromatic carbocycles. The summed E-state index contributed by atoms with van der Waals surface area (Å²) < 4.78 is 27.9. The third-order valence-electron chi connectivity index (χ3n) is 3.29. The number of aryl methyl sites for hydroxylation is 1. The van der Waals surface area contributed by atoms with Crippen molar-refractivity contribution in [3.8, 4) is 11.3 Å². The predicted octanol–water partition coefficient (Wildman–Crippen LogP) is 2.78. The van der Waals surface area contributed by atoms with Gasteiger partial charge >= 0.3 is 0 Å². The van der Waals surface area contributed by atoms with Gasteiger partial charge in [0.05, 0.1) is 11.9 Å². The summed E-state index contributed by atoms with van der Waals surface area (Å²) in [4.78, 5) is 5.64. The molecule has 2 aromatic heterocycles. The van der Waals surface area contributed by atoms with E-state index >= 15 is 0 Å². The Kier molecular flexibility index (Phi) is 4.29. The van der Waals surface area contributed by atoms with E-state index in [1.54, 1.807) is 30.7 Å². The normalized spacial score (nSPS) is 10.7. The summed E-state index contributed by atoms with van der Waals surface area (Å²) in [6, 6.07) is 7.49. The van der Waals surface area contributed by atoms with Gasteiger partial charge in [-0.05, 0) is 42.3 Å². The Morgan fingerprint density at radius 1 is 1.17 bits per heavy atom. The molecular weight excluding hydrogens is 300 g/mol. The Hall–Kier alpha value is -2.80. The Labute approximate surface area is 131 Å². The van der Waals surface area contributed by atoms with Crippen LogP contribution in [0.25, 0.3) is 11.3 Å². The molecule has 118 valence electrons. The maximum Gasteiger partial charge on any atom is 0.135 e. The standard InChI is InChI=1S/C16H15F2N5/c1-11-3-5-19-15(7-11)16-12(8-13(17)9-14(16)18)10-20-22-23-6-2-4-21-23/h2-9,20,22H,10H2,1H3. The molecule has 0 saturated carbocycles. The number of nitrogens with one attached hydrogen (secondary N) is 2. The van der Waals surface area contributed by atoms with E-state index in [1.807, 2.05) is 13.0 Å². The van der Waals surface area contributed by atoms with E-state index in [4.69, 9.17) is 0 Å². The van der Waals surface area contributed by atoms with Crippen LogP contribution >= 0.6 is 0 Å². The van der Waals surface area contributed by atoms with Gasteiger partial charge in [0.25, 0.3) is 0 Å². The molecule has 0 aliphatic heterocycles. The Bertz CT molecular complexity index is 802. The number of benzene rings is 1. The van der Waals surface area contributed by atoms with Crippen molar-refractivity contribution in [3.05, 3.63) is 71.7 Å². The molecule has 0 bridgehead atoms. The molecule has 0 saturated heterocycles. The van der Waals surface area contributed by atoms with Crippen LogP contribution in [0.1, 0.15) is 11.1 Å². The zero-order valence-electron chi connectivity index (χ0n) is 12.4. The fourth-order valence-electron chi connectivity index (χ4n) is 2.28. The van der Waals surface area contributed by atoms with Crippen LogP contribution in [-0.2, 0) is 6.54 Å². The van der Waals surface area contributed by atoms with E-state index in [0.717, 1.165) is 11.6 Å². The van der Waals surface area contributed by atoms with Crippen molar-refractivity contribution in [1.29, 1.82) is 0 Å². The summed E-state index contributed by atoms with van der Waals surface area (Å²) in [6.07, 6.45) is 4.91. The van der Waals surface area contributed by atoms with Gasteiger partial charge in [0, 0.05) is 30.6 Å². The largest absolute Gasteiger partial charge is 0.256 e. The molecule has 0 fully saturated rings. The van der Waals surface area contributed by atoms with E-state index in [-0.39, 0.29) is 12.1 Å². The van der Waals surface area contributed by atoms with E-state index in [0.29, 0.717) is 11.3 Å². The van der Waals surface area contributed by atoms with Crippen LogP contribution in [0.3, 0.4) is 0 Å². The summed E-state index contributed by atoms with van der Waals surface area (Å²) in [5.41, 5.74) is 7.83. The molecule has 2 heterocycles. The molecule has 3 rings (SSSR count). The van der Waals surface area contributed by atoms with E-state index in [2.05, 4.69) is 21.0 Å². The van der Waals surface area contributed by atoms with Crippen LogP contribution in [-0.4, -0.2) is 14.9 Å². The molecule has 0 amide bonds. The summed E-state index contributed by atoms with van der Waals surface area (Å²) in [5, 5.41) is 3.96. The van der Waals surface area contributed by atoms with Gasteiger partial charge in [-0.15, -0.1) is 0 Å². The number of hydrazine groups is 1. The molecule has 2 N–H and O–H groups in total. The molecule has 5 nitrogen and oxygen atoms in total. The van der Waals surface area contributed by atoms with Crippen molar-refractivity contribution in [1.82, 2.24) is 20.3 Å². The van der Waals surface area contributed by atoms with Crippen LogP contribution < -0.4 is 11.0 Å². The van der Waals surface area contributed by atoms with Crippen molar-refractivity contribution >= 4 is 0 Å². The second-order valence-corrected chi connectivity index (χ2v) is 5.06. The molecule has 0 aliphatic rings. The highest BCUT2D eigenvalue weighted by Crippen LogP contribution is 2.27. The fraction of sp³-hybridized carbons (Fsp3) is 0.125. The van der Waals surface area contributed by atoms with Gasteiger partial charge in [-0.3, -0.25) is 4.98 Å². The molecule has 0 radical (unpaired) electrons. The predicted molar refractivity (Wildman–Crippen MR) is 82.8 cm³/mol. The average molecular weight is 315 g/mol. The highest BCUT2D eigenvalue weighted by atomic mass is 19.1. The minimum absolute atomic E-state index is 0.194. The topological polar surface area (TPSA) is 54.8 Å². The van der Waals surface area contributed by atoms with E-state index in [1.165, 1.54) is 10.9 Å². The lowest BCUT2D eigenvalue weighted by Crippen LogP contribution is -2.30. The molecule has 0 aliphatic carbocycles. The molecule has 0 atom stereocenters. The number of halogens is 2. The Morgan fingerprint density at radius 3 is 2.78 bits per heavy atom. The molecule has 23 heavy (non-hydrogen) atoms. The fourth-order valence-corrected chi connectivity index (χ4v) is 2.28. The van der Waals surface area contributed by atoms with Crippen LogP contribution in [0, 0.1) is 18.6 Å². The van der Waals surface area contributed by atoms with Crippen LogP contribution in [0.4, 0.5) is 8.78 Å². The van der Waals surface area contributed by atoms with Crippen LogP contribution in [0.5, 0.6) is 0 Å². The Morgan fingerprint density at radius 2 is 2.04 bits per heavy atom. The number of hydrogen-bond donors (Lipinski definition) is 2. The first-order valence-electron chi connectivity index (χ1n) is 7.03. The van der Waals surface area contributed by atoms with Crippen molar-refractivity contribution in [3.63, 3.8) is 0 Å². The highest BCUT2D eigenvalue weighted by Gasteiger charge is 2.14. The zero-order chi connectivity index (χ0) is 16.2. The smallest absolute Gasteiger partial charge is 0.135 e. The van der Waals surface area contributed by atoms with Gasteiger partial charge in [0.15, 0.2) is 0 Å². The molecule has 0 unspecified atom stereocenters. The van der Waals surface area contributed by atoms with Crippen LogP contribution in [0.2, 0.25) is 0 Å². The lowest BCUT2D eigenvalue weighted by atomic mass is 10.0. The van der Waals surface area contributed by atoms with Gasteiger partial charge in [0.1, 0.15) is 11.6 Å². The van der Waals surface area contributed by atoms with Crippen molar-refractivity contribution in [2.24, 2.45) is 0 Å². The second-order valence-electron chi connectivity index (χ2n) is 5.06. The summed E-state index contributed by atoms with van der Waals surface area (Å²) in [7, 11) is 0. The first kappa shape index (κ1) is 15.1. The van der Waals surface area contributed by atoms with E-state index < -0.39 is 11.6 Å². The average Bonchev–Trinajstić information content (AvgIpc) is 3.00. The molecular formula is C16H15F2N5. The van der Waals surface area contributed by atoms with Gasteiger partial charge in [-0.25, -0.2) is 19.7 Å². The van der Waals surface area contributed by atoms with Crippen molar-refractivity contribution < 1.29 is 8.78 Å². The number of nitrogens with zero attached hydrogens (tertiary/aromatic N) is 3. The summed E-state index contributed by atoms with van der Waals surface area (Å²) in [5.74, 6) is -1.27. The zero-order valence-corrected chi connectivity index (χ0v) is 12.4. The number of rotatable bonds is 5. The first-order valence-corrected chi connectivity index (χ1v) is 7.03. The van der Waals surface area contributed by atoms with Gasteiger partial charge < -0.3 is 0 Å². The van der Waals surface area contributed by atoms with Crippen LogP contribution in [0.15, 0.2) is 48.9 Å². The van der Waals surface area contributed by atoms with Gasteiger partial charge in [-0.2, -0.15) is 9.89 Å². The maximum absolute atomic E-state index is 14.3. The third-order valence-corrected chi connectivity index (χ3v) is 3.29. The molecule has 3 aromatic rings. The SMILES string of the molecule is Cc1ccnc(-c2c(F)cc(F)cc2CNNn2cccn2)c1. The monoisotopic (exact) mass is 315 g/mol. The lowest BCUT2D eigenvalue weighted by molar-refractivity contribution is 0.574. The van der Waals surface area contributed by atoms with Gasteiger partial charge in [0.2, 0.25) is 0 Å². The maximum atomic E-state index is 14.3. The minimum atomic E-state index is -0.640. The number of aromatic nitrogens is 3. The number of pyridine rings is 1. The first-order chi connectivity index (χ1) is 11.1. The quantitative estimate of drug-likeness (QED) is 0.711. The highest BCUT2D eigenvalue weighted by molar-refractivity contribution is 5.65. The van der Waals surface area contributed by atoms with Crippen molar-refractivity contribution in [2.45, 2.75) is 13.5 Å². The summed E-state index contributed by atoms with van der Waals surface area (Å²) in [6.45, 7) is 2.09. The minimum Gasteiger partial charge on any atom is -0.256 e. The summed E-state index contributed by atoms with van der Waals surface area (Å²) >= 11 is 0. The second kappa shape index (κ2) is 6.53. The van der Waals surface area contributed by atoms with Gasteiger partial charge in [-0.1, -0.05) is 0 Å². The molecule has 7 heteroatoms. The lowest BCUT2D eigenvalue weighted by Gasteiger charge is -2.13. The third kappa shape index (κ3) is 3.51. The Balaban J connectivity index is 1.89. The van der Waals surface area contributed by atoms with Crippen molar-refractivity contribution in [2.75, 3.05) is 5.53 Å². The van der Waals surface area contributed by atoms with E-state index in [9.17, 15) is 8.78 Å². The molecule has 0 spiro atoms.